The number of halogens is 2. The predicted molar refractivity (Wildman–Crippen MR) is 168 cm³/mol. The summed E-state index contributed by atoms with van der Waals surface area (Å²) in [5, 5.41) is 0. The summed E-state index contributed by atoms with van der Waals surface area (Å²) in [7, 11) is 4.98. The average Bonchev–Trinajstić information content (AvgIpc) is 3.02. The quantitative estimate of drug-likeness (QED) is 0.223. The van der Waals surface area contributed by atoms with Crippen LogP contribution in [-0.4, -0.2) is 40.7 Å². The number of rotatable bonds is 9. The summed E-state index contributed by atoms with van der Waals surface area (Å²) in [5.41, 5.74) is 5.65. The van der Waals surface area contributed by atoms with Gasteiger partial charge in [-0.15, -0.1) is 0 Å². The number of piperidine rings is 1. The van der Waals surface area contributed by atoms with Crippen molar-refractivity contribution in [1.82, 2.24) is 0 Å². The highest BCUT2D eigenvalue weighted by atomic mass is 79.9. The Labute approximate surface area is 252 Å². The van der Waals surface area contributed by atoms with Crippen LogP contribution in [0.1, 0.15) is 55.4 Å². The van der Waals surface area contributed by atoms with E-state index in [2.05, 4.69) is 45.1 Å². The van der Waals surface area contributed by atoms with Gasteiger partial charge in [0.2, 0.25) is 0 Å². The minimum absolute atomic E-state index is 0.228. The van der Waals surface area contributed by atoms with Crippen LogP contribution in [0, 0.1) is 11.7 Å². The second-order valence-corrected chi connectivity index (χ2v) is 11.0. The minimum atomic E-state index is -0.248. The van der Waals surface area contributed by atoms with Gasteiger partial charge in [-0.05, 0) is 60.6 Å². The number of ether oxygens (including phenoxy) is 4. The Hall–Kier alpha value is -2.87. The van der Waals surface area contributed by atoms with Gasteiger partial charge in [-0.1, -0.05) is 66.2 Å². The van der Waals surface area contributed by atoms with Crippen LogP contribution >= 0.6 is 15.9 Å². The Morgan fingerprint density at radius 1 is 0.902 bits per heavy atom. The maximum Gasteiger partial charge on any atom is 0.159 e. The van der Waals surface area contributed by atoms with Gasteiger partial charge in [0.1, 0.15) is 23.9 Å². The van der Waals surface area contributed by atoms with Gasteiger partial charge in [0.25, 0.3) is 0 Å². The number of anilines is 1. The van der Waals surface area contributed by atoms with E-state index in [4.69, 9.17) is 18.9 Å². The summed E-state index contributed by atoms with van der Waals surface area (Å²) >= 11 is 3.79. The number of hydrogen-bond acceptors (Lipinski definition) is 5. The molecule has 2 aliphatic rings. The first-order valence-corrected chi connectivity index (χ1v) is 15.2. The highest BCUT2D eigenvalue weighted by molar-refractivity contribution is 9.11. The molecular weight excluding hydrogens is 585 g/mol. The van der Waals surface area contributed by atoms with Crippen molar-refractivity contribution in [1.29, 1.82) is 0 Å². The van der Waals surface area contributed by atoms with E-state index in [1.54, 1.807) is 27.4 Å². The zero-order valence-electron chi connectivity index (χ0n) is 24.7. The van der Waals surface area contributed by atoms with E-state index in [9.17, 15) is 0 Å². The zero-order chi connectivity index (χ0) is 29.4. The van der Waals surface area contributed by atoms with Crippen LogP contribution in [0.25, 0.3) is 5.57 Å². The van der Waals surface area contributed by atoms with Crippen molar-refractivity contribution in [2.45, 2.75) is 52.4 Å². The average molecular weight is 627 g/mol. The monoisotopic (exact) mass is 625 g/mol. The van der Waals surface area contributed by atoms with Crippen molar-refractivity contribution in [2.75, 3.05) is 39.3 Å². The number of methoxy groups -OCH3 is 3. The number of nitrogens with zero attached hydrogens (tertiary/aromatic N) is 1. The molecule has 1 aliphatic heterocycles. The highest BCUT2D eigenvalue weighted by Gasteiger charge is 2.29. The lowest BCUT2D eigenvalue weighted by Gasteiger charge is -2.36. The van der Waals surface area contributed by atoms with Gasteiger partial charge in [-0.3, -0.25) is 0 Å². The molecule has 0 spiro atoms. The summed E-state index contributed by atoms with van der Waals surface area (Å²) in [4.78, 5) is 2.09. The molecule has 7 heteroatoms. The number of benzene rings is 3. The molecule has 0 aromatic heterocycles. The van der Waals surface area contributed by atoms with Crippen molar-refractivity contribution in [3.05, 3.63) is 93.2 Å². The molecule has 5 rings (SSSR count). The molecule has 0 N–H and O–H groups in total. The van der Waals surface area contributed by atoms with Crippen molar-refractivity contribution < 1.29 is 23.3 Å². The van der Waals surface area contributed by atoms with Gasteiger partial charge >= 0.3 is 0 Å². The molecule has 1 heterocycles. The van der Waals surface area contributed by atoms with Crippen LogP contribution in [0.3, 0.4) is 0 Å². The molecule has 3 aromatic rings. The molecule has 0 amide bonds. The lowest BCUT2D eigenvalue weighted by molar-refractivity contribution is -0.141. The number of fused-ring (bicyclic) bond motifs is 1. The van der Waals surface area contributed by atoms with Crippen LogP contribution in [0.4, 0.5) is 10.1 Å². The second-order valence-electron chi connectivity index (χ2n) is 10.0. The number of aryl methyl sites for hydroxylation is 1. The Balaban J connectivity index is 0.00000189. The third-order valence-corrected chi connectivity index (χ3v) is 8.54. The summed E-state index contributed by atoms with van der Waals surface area (Å²) in [6, 6.07) is 19.8. The highest BCUT2D eigenvalue weighted by Crippen LogP contribution is 2.44. The van der Waals surface area contributed by atoms with E-state index < -0.39 is 0 Å². The topological polar surface area (TPSA) is 40.2 Å². The van der Waals surface area contributed by atoms with Crippen LogP contribution < -0.4 is 14.4 Å². The van der Waals surface area contributed by atoms with Crippen molar-refractivity contribution in [3.8, 4) is 11.5 Å². The van der Waals surface area contributed by atoms with Crippen molar-refractivity contribution in [3.63, 3.8) is 0 Å². The number of allylic oxidation sites excluding steroid dienone is 1. The standard InChI is InChI=1S/C32H35BrFNO4.C2H6/c1-36-30-19-29(35-15-13-22(14-16-35)32(37-2)38-3)28(34)18-26(30)31-25-11-10-24(17-23(25)9-12-27(31)33)39-20-21-7-5-4-6-8-21;1-2/h4-8,10-11,17-19,22,32H,9,12-16,20H2,1-3H3;1-2H3. The van der Waals surface area contributed by atoms with E-state index >= 15 is 4.39 Å². The lowest BCUT2D eigenvalue weighted by atomic mass is 9.86. The predicted octanol–water partition coefficient (Wildman–Crippen LogP) is 8.38. The summed E-state index contributed by atoms with van der Waals surface area (Å²) in [5.74, 6) is 1.53. The molecule has 220 valence electrons. The van der Waals surface area contributed by atoms with Crippen LogP contribution in [0.5, 0.6) is 11.5 Å². The molecular formula is C34H41BrFNO4. The molecule has 1 fully saturated rings. The number of hydrogen-bond donors (Lipinski definition) is 0. The fourth-order valence-corrected chi connectivity index (χ4v) is 6.33. The van der Waals surface area contributed by atoms with Crippen LogP contribution in [0.2, 0.25) is 0 Å². The Morgan fingerprint density at radius 3 is 2.27 bits per heavy atom. The molecule has 1 aliphatic carbocycles. The van der Waals surface area contributed by atoms with E-state index in [0.29, 0.717) is 24.0 Å². The first-order valence-electron chi connectivity index (χ1n) is 14.4. The largest absolute Gasteiger partial charge is 0.496 e. The molecule has 0 unspecified atom stereocenters. The van der Waals surface area contributed by atoms with E-state index in [1.807, 2.05) is 44.2 Å². The molecule has 0 atom stereocenters. The van der Waals surface area contributed by atoms with E-state index in [0.717, 1.165) is 71.3 Å². The van der Waals surface area contributed by atoms with Gasteiger partial charge in [-0.25, -0.2) is 4.39 Å². The lowest BCUT2D eigenvalue weighted by Crippen LogP contribution is -2.39. The fourth-order valence-electron chi connectivity index (χ4n) is 5.70. The maximum absolute atomic E-state index is 15.7. The minimum Gasteiger partial charge on any atom is -0.496 e. The first kappa shape index (κ1) is 31.1. The van der Waals surface area contributed by atoms with Crippen LogP contribution in [0.15, 0.2) is 65.1 Å². The third-order valence-electron chi connectivity index (χ3n) is 7.75. The molecule has 5 nitrogen and oxygen atoms in total. The second kappa shape index (κ2) is 14.9. The van der Waals surface area contributed by atoms with Crippen molar-refractivity contribution in [2.24, 2.45) is 5.92 Å². The molecule has 0 saturated carbocycles. The van der Waals surface area contributed by atoms with Gasteiger partial charge < -0.3 is 23.8 Å². The zero-order valence-corrected chi connectivity index (χ0v) is 26.3. The Kier molecular flexibility index (Phi) is 11.3. The summed E-state index contributed by atoms with van der Waals surface area (Å²) < 4.78 is 39.6. The van der Waals surface area contributed by atoms with Gasteiger partial charge in [0.15, 0.2) is 6.29 Å². The van der Waals surface area contributed by atoms with E-state index in [-0.39, 0.29) is 12.1 Å². The van der Waals surface area contributed by atoms with Gasteiger partial charge in [-0.2, -0.15) is 0 Å². The summed E-state index contributed by atoms with van der Waals surface area (Å²) in [6.45, 7) is 5.98. The molecule has 41 heavy (non-hydrogen) atoms. The Morgan fingerprint density at radius 2 is 1.61 bits per heavy atom. The smallest absolute Gasteiger partial charge is 0.159 e. The van der Waals surface area contributed by atoms with Crippen molar-refractivity contribution >= 4 is 27.2 Å². The van der Waals surface area contributed by atoms with Crippen LogP contribution in [-0.2, 0) is 22.5 Å². The van der Waals surface area contributed by atoms with E-state index in [1.165, 1.54) is 5.56 Å². The summed E-state index contributed by atoms with van der Waals surface area (Å²) in [6.07, 6.45) is 3.21. The third kappa shape index (κ3) is 7.14. The SMILES string of the molecule is CC.COc1cc(N2CCC(C(OC)OC)CC2)c(F)cc1C1=C(Br)CCc2cc(OCc3ccccc3)ccc21. The molecule has 0 bridgehead atoms. The Bertz CT molecular complexity index is 1320. The molecule has 0 radical (unpaired) electrons. The molecule has 3 aromatic carbocycles. The first-order chi connectivity index (χ1) is 20.0. The normalized spacial score (nSPS) is 15.4. The fraction of sp³-hybridized carbons (Fsp3) is 0.412. The van der Waals surface area contributed by atoms with Gasteiger partial charge in [0.05, 0.1) is 12.8 Å². The maximum atomic E-state index is 15.7. The van der Waals surface area contributed by atoms with Gasteiger partial charge in [0, 0.05) is 54.9 Å². The molecule has 1 saturated heterocycles.